The van der Waals surface area contributed by atoms with Gasteiger partial charge in [-0.3, -0.25) is 9.59 Å². The number of ether oxygens (including phenoxy) is 1. The van der Waals surface area contributed by atoms with Gasteiger partial charge in [0, 0.05) is 11.8 Å². The smallest absolute Gasteiger partial charge is 0.170 e. The van der Waals surface area contributed by atoms with Crippen LogP contribution >= 0.6 is 0 Å². The fourth-order valence-corrected chi connectivity index (χ4v) is 2.58. The quantitative estimate of drug-likeness (QED) is 0.761. The number of Topliss-reactive ketones (excluding diaryl/α,β-unsaturated/α-hetero) is 2. The number of hydrogen-bond acceptors (Lipinski definition) is 3. The SMILES string of the molecule is CC(=O)CC1(C(=O)C(C)(C)C)CCC(C)(C)O1. The summed E-state index contributed by atoms with van der Waals surface area (Å²) in [4.78, 5) is 23.9. The molecule has 1 saturated heterocycles. The maximum Gasteiger partial charge on any atom is 0.170 e. The van der Waals surface area contributed by atoms with Crippen LogP contribution in [0.1, 0.15) is 60.8 Å². The summed E-state index contributed by atoms with van der Waals surface area (Å²) >= 11 is 0. The fraction of sp³-hybridized carbons (Fsp3) is 0.857. The van der Waals surface area contributed by atoms with Crippen molar-refractivity contribution in [1.82, 2.24) is 0 Å². The average molecular weight is 240 g/mol. The van der Waals surface area contributed by atoms with E-state index in [2.05, 4.69) is 0 Å². The molecule has 0 spiro atoms. The normalized spacial score (nSPS) is 28.1. The van der Waals surface area contributed by atoms with Crippen LogP contribution in [0.2, 0.25) is 0 Å². The minimum absolute atomic E-state index is 0.0142. The van der Waals surface area contributed by atoms with Gasteiger partial charge in [-0.2, -0.15) is 0 Å². The first-order chi connectivity index (χ1) is 7.49. The Morgan fingerprint density at radius 1 is 1.18 bits per heavy atom. The van der Waals surface area contributed by atoms with Crippen LogP contribution in [0.4, 0.5) is 0 Å². The van der Waals surface area contributed by atoms with Gasteiger partial charge in [-0.25, -0.2) is 0 Å². The van der Waals surface area contributed by atoms with E-state index in [0.29, 0.717) is 6.42 Å². The number of hydrogen-bond donors (Lipinski definition) is 0. The van der Waals surface area contributed by atoms with Gasteiger partial charge in [0.05, 0.1) is 5.60 Å². The standard InChI is InChI=1S/C14H24O3/c1-10(15)9-14(11(16)12(2,3)4)8-7-13(5,6)17-14/h7-9H2,1-6H3. The van der Waals surface area contributed by atoms with Gasteiger partial charge in [0.2, 0.25) is 0 Å². The minimum Gasteiger partial charge on any atom is -0.361 e. The van der Waals surface area contributed by atoms with Gasteiger partial charge in [-0.15, -0.1) is 0 Å². The summed E-state index contributed by atoms with van der Waals surface area (Å²) in [6.45, 7) is 11.1. The van der Waals surface area contributed by atoms with Crippen LogP contribution in [0, 0.1) is 5.41 Å². The number of rotatable bonds is 3. The van der Waals surface area contributed by atoms with E-state index in [9.17, 15) is 9.59 Å². The summed E-state index contributed by atoms with van der Waals surface area (Å²) in [7, 11) is 0. The lowest BCUT2D eigenvalue weighted by molar-refractivity contribution is -0.161. The molecule has 0 radical (unpaired) electrons. The summed E-state index contributed by atoms with van der Waals surface area (Å²) in [5.74, 6) is 0.0612. The summed E-state index contributed by atoms with van der Waals surface area (Å²) < 4.78 is 5.97. The monoisotopic (exact) mass is 240 g/mol. The predicted molar refractivity (Wildman–Crippen MR) is 66.9 cm³/mol. The molecule has 0 N–H and O–H groups in total. The van der Waals surface area contributed by atoms with Crippen molar-refractivity contribution in [2.75, 3.05) is 0 Å². The van der Waals surface area contributed by atoms with Gasteiger partial charge in [-0.05, 0) is 33.6 Å². The molecule has 1 atom stereocenters. The molecule has 17 heavy (non-hydrogen) atoms. The molecular weight excluding hydrogens is 216 g/mol. The maximum absolute atomic E-state index is 12.5. The van der Waals surface area contributed by atoms with Gasteiger partial charge >= 0.3 is 0 Å². The van der Waals surface area contributed by atoms with E-state index < -0.39 is 11.0 Å². The molecule has 3 heteroatoms. The molecule has 0 bridgehead atoms. The molecule has 1 unspecified atom stereocenters. The van der Waals surface area contributed by atoms with Crippen molar-refractivity contribution in [2.45, 2.75) is 72.0 Å². The number of ketones is 2. The van der Waals surface area contributed by atoms with E-state index in [1.54, 1.807) is 0 Å². The zero-order valence-corrected chi connectivity index (χ0v) is 11.8. The molecule has 1 heterocycles. The zero-order valence-electron chi connectivity index (χ0n) is 11.8. The molecule has 1 rings (SSSR count). The fourth-order valence-electron chi connectivity index (χ4n) is 2.58. The number of carbonyl (C=O) groups is 2. The lowest BCUT2D eigenvalue weighted by atomic mass is 9.76. The highest BCUT2D eigenvalue weighted by Gasteiger charge is 2.52. The minimum atomic E-state index is -0.895. The molecular formula is C14H24O3. The summed E-state index contributed by atoms with van der Waals surface area (Å²) in [6, 6.07) is 0. The van der Waals surface area contributed by atoms with E-state index >= 15 is 0 Å². The van der Waals surface area contributed by atoms with E-state index in [-0.39, 0.29) is 23.6 Å². The van der Waals surface area contributed by atoms with Crippen LogP contribution in [-0.2, 0) is 14.3 Å². The Hall–Kier alpha value is -0.700. The van der Waals surface area contributed by atoms with Crippen LogP contribution in [-0.4, -0.2) is 22.8 Å². The van der Waals surface area contributed by atoms with E-state index in [1.807, 2.05) is 34.6 Å². The first-order valence-electron chi connectivity index (χ1n) is 6.23. The van der Waals surface area contributed by atoms with Crippen molar-refractivity contribution in [3.05, 3.63) is 0 Å². The van der Waals surface area contributed by atoms with Gasteiger partial charge in [0.25, 0.3) is 0 Å². The van der Waals surface area contributed by atoms with Crippen molar-refractivity contribution in [3.63, 3.8) is 0 Å². The molecule has 0 aromatic heterocycles. The van der Waals surface area contributed by atoms with E-state index in [0.717, 1.165) is 6.42 Å². The Bertz CT molecular complexity index is 336. The van der Waals surface area contributed by atoms with Crippen molar-refractivity contribution in [3.8, 4) is 0 Å². The first kappa shape index (κ1) is 14.4. The Morgan fingerprint density at radius 2 is 1.71 bits per heavy atom. The maximum atomic E-state index is 12.5. The van der Waals surface area contributed by atoms with Crippen LogP contribution in [0.3, 0.4) is 0 Å². The molecule has 0 aliphatic carbocycles. The summed E-state index contributed by atoms with van der Waals surface area (Å²) in [5.41, 5.74) is -1.68. The topological polar surface area (TPSA) is 43.4 Å². The molecule has 1 fully saturated rings. The molecule has 1 aliphatic heterocycles. The highest BCUT2D eigenvalue weighted by molar-refractivity contribution is 5.96. The molecule has 3 nitrogen and oxygen atoms in total. The van der Waals surface area contributed by atoms with Crippen molar-refractivity contribution >= 4 is 11.6 Å². The third-order valence-corrected chi connectivity index (χ3v) is 3.23. The van der Waals surface area contributed by atoms with Gasteiger partial charge in [0.15, 0.2) is 5.78 Å². The lowest BCUT2D eigenvalue weighted by Crippen LogP contribution is -2.47. The van der Waals surface area contributed by atoms with E-state index in [1.165, 1.54) is 6.92 Å². The Labute approximate surface area is 104 Å². The van der Waals surface area contributed by atoms with Crippen LogP contribution < -0.4 is 0 Å². The van der Waals surface area contributed by atoms with Gasteiger partial charge in [-0.1, -0.05) is 20.8 Å². The van der Waals surface area contributed by atoms with Crippen LogP contribution in [0.15, 0.2) is 0 Å². The third-order valence-electron chi connectivity index (χ3n) is 3.23. The molecule has 0 saturated carbocycles. The first-order valence-corrected chi connectivity index (χ1v) is 6.23. The highest BCUT2D eigenvalue weighted by Crippen LogP contribution is 2.43. The molecule has 1 aliphatic rings. The zero-order chi connectivity index (χ0) is 13.5. The summed E-state index contributed by atoms with van der Waals surface area (Å²) in [6.07, 6.45) is 1.67. The second-order valence-corrected chi connectivity index (χ2v) is 6.81. The molecule has 0 aromatic carbocycles. The second kappa shape index (κ2) is 4.20. The Morgan fingerprint density at radius 3 is 2.00 bits per heavy atom. The molecule has 0 aromatic rings. The largest absolute Gasteiger partial charge is 0.361 e. The van der Waals surface area contributed by atoms with Crippen molar-refractivity contribution < 1.29 is 14.3 Å². The Kier molecular flexibility index (Phi) is 3.55. The van der Waals surface area contributed by atoms with Gasteiger partial charge < -0.3 is 4.74 Å². The van der Waals surface area contributed by atoms with Crippen molar-refractivity contribution in [2.24, 2.45) is 5.41 Å². The second-order valence-electron chi connectivity index (χ2n) is 6.81. The molecule has 98 valence electrons. The number of carbonyl (C=O) groups excluding carboxylic acids is 2. The third kappa shape index (κ3) is 3.15. The van der Waals surface area contributed by atoms with Crippen LogP contribution in [0.25, 0.3) is 0 Å². The van der Waals surface area contributed by atoms with Crippen LogP contribution in [0.5, 0.6) is 0 Å². The van der Waals surface area contributed by atoms with Crippen molar-refractivity contribution in [1.29, 1.82) is 0 Å². The van der Waals surface area contributed by atoms with Gasteiger partial charge in [0.1, 0.15) is 11.4 Å². The average Bonchev–Trinajstić information content (AvgIpc) is 2.39. The Balaban J connectivity index is 3.05. The predicted octanol–water partition coefficient (Wildman–Crippen LogP) is 2.91. The lowest BCUT2D eigenvalue weighted by Gasteiger charge is -2.34. The van der Waals surface area contributed by atoms with E-state index in [4.69, 9.17) is 4.74 Å². The molecule has 0 amide bonds. The summed E-state index contributed by atoms with van der Waals surface area (Å²) in [5, 5.41) is 0. The highest BCUT2D eigenvalue weighted by atomic mass is 16.5.